The summed E-state index contributed by atoms with van der Waals surface area (Å²) < 4.78 is 108. The fourth-order valence-corrected chi connectivity index (χ4v) is 20.8. The number of nitrogens with zero attached hydrogens (tertiary/aromatic N) is 12. The normalized spacial score (nSPS) is 35.6. The summed E-state index contributed by atoms with van der Waals surface area (Å²) in [5.41, 5.74) is 17.8. The number of H-pyrrole nitrogens is 1. The number of aryl methyl sites for hydroxylation is 3. The first-order chi connectivity index (χ1) is 50.9. The molecule has 0 amide bonds. The molecule has 25 atom stereocenters. The number of aromatic nitrogens is 13. The first kappa shape index (κ1) is 77.9. The highest BCUT2D eigenvalue weighted by Crippen LogP contribution is 2.63. The van der Waals surface area contributed by atoms with Gasteiger partial charge in [-0.25, -0.2) is 39.3 Å². The number of aliphatic hydroxyl groups is 1. The fraction of sp³-hybridized carbons (Fsp3) is 0.603. The molecule has 7 aromatic heterocycles. The Hall–Kier alpha value is -5.43. The number of nitrogen functional groups attached to an aromatic ring is 4. The third-order valence-electron chi connectivity index (χ3n) is 20.8. The average molecular weight is 1660 g/mol. The van der Waals surface area contributed by atoms with Crippen LogP contribution in [-0.4, -0.2) is 210 Å². The molecular weight excluding hydrogens is 1590 g/mol. The molecule has 8 aliphatic rings. The van der Waals surface area contributed by atoms with Crippen LogP contribution in [0.1, 0.15) is 94.8 Å². The van der Waals surface area contributed by atoms with Gasteiger partial charge in [-0.1, -0.05) is 6.92 Å². The van der Waals surface area contributed by atoms with Gasteiger partial charge in [-0.3, -0.25) is 41.7 Å². The van der Waals surface area contributed by atoms with Crippen molar-refractivity contribution in [3.63, 3.8) is 0 Å². The Morgan fingerprint density at radius 2 is 1.03 bits per heavy atom. The molecule has 50 heteroatoms. The number of rotatable bonds is 26. The minimum Gasteiger partial charge on any atom is -0.397 e. The monoisotopic (exact) mass is 1660 g/mol. The molecule has 586 valence electrons. The van der Waals surface area contributed by atoms with Gasteiger partial charge < -0.3 is 113 Å². The van der Waals surface area contributed by atoms with Crippen LogP contribution in [0.4, 0.5) is 23.1 Å². The lowest BCUT2D eigenvalue weighted by atomic mass is 9.94. The van der Waals surface area contributed by atoms with E-state index >= 15 is 0 Å². The predicted molar refractivity (Wildman–Crippen MR) is 387 cm³/mol. The quantitative estimate of drug-likeness (QED) is 0.0331. The van der Waals surface area contributed by atoms with Crippen molar-refractivity contribution in [2.45, 2.75) is 195 Å². The van der Waals surface area contributed by atoms with Crippen LogP contribution < -0.4 is 45.6 Å². The zero-order chi connectivity index (χ0) is 77.0. The van der Waals surface area contributed by atoms with Crippen LogP contribution in [0.15, 0.2) is 69.0 Å². The zero-order valence-corrected chi connectivity index (χ0v) is 64.8. The molecular formula is C58H75N17O25P4S4. The van der Waals surface area contributed by atoms with Crippen molar-refractivity contribution < 1.29 is 98.8 Å². The molecule has 15 heterocycles. The molecule has 0 aliphatic carbocycles. The van der Waals surface area contributed by atoms with Crippen LogP contribution in [0.3, 0.4) is 0 Å². The number of fused-ring (bicyclic) bond motifs is 8. The smallest absolute Gasteiger partial charge is 0.351 e. The standard InChI is InChI=1S/C58H75N17O25P4S4/c1-8-30-31(11-35(92-30)74-21-67-37-46(62)64-20-65-48(37)74)97-101(81,105)85-16-33-32(12-34(93-33)71-13-23(2)44(60)68-53(71)78)98-102(82,106)87-18-57-27(6)90-39(51(95-57)72-14-24(3)45(61)69-54(72)79)42(57)100-104(84,108)88-19-58-28(7)91-40(52(96-58)73-15-25(4)49(77)70-55(73)80)43(58)99-103(83,107)86-17-56-26(5)89-38(41(56)76)50(94-56)75-22-66-36-29(59)9-10-63-47(36)75/h9-10,13-15,20-22,26-28,30-35,38-43,50-52,76H,8,11-12,16-19H2,1-7H3,(H2,59,63)(H,81,105)(H,82,106)(H,83,107)(H,84,108)(H2,60,68,78)(H2,61,69,79)(H2,62,64,65)(H,70,77,80)/t26-,27-,28-,30+,31?,32?,33+,34+,35+,38-,39-,40-,41?,42?,43?,50+,51+,52+,56-,57-,58-,101?,102?,103?,104?/m0/s1. The molecule has 15 rings (SSSR count). The van der Waals surface area contributed by atoms with Crippen molar-refractivity contribution >= 4 is 120 Å². The highest BCUT2D eigenvalue weighted by atomic mass is 32.5. The Bertz CT molecular complexity index is 5180. The molecule has 0 aromatic carbocycles. The Morgan fingerprint density at radius 3 is 1.65 bits per heavy atom. The second-order valence-electron chi connectivity index (χ2n) is 27.3. The van der Waals surface area contributed by atoms with Crippen LogP contribution >= 0.6 is 26.9 Å². The number of hydrogen-bond acceptors (Lipinski definition) is 36. The number of anilines is 4. The summed E-state index contributed by atoms with van der Waals surface area (Å²) in [4.78, 5) is 134. The number of imidazole rings is 2. The van der Waals surface area contributed by atoms with E-state index in [1.54, 1.807) is 36.0 Å². The summed E-state index contributed by atoms with van der Waals surface area (Å²) in [6.45, 7) is -10.1. The largest absolute Gasteiger partial charge is 0.397 e. The van der Waals surface area contributed by atoms with E-state index in [1.165, 1.54) is 64.5 Å². The summed E-state index contributed by atoms with van der Waals surface area (Å²) >= 11 is 22.9. The Kier molecular flexibility index (Phi) is 20.6. The van der Waals surface area contributed by atoms with Gasteiger partial charge in [-0.2, -0.15) is 9.97 Å². The predicted octanol–water partition coefficient (Wildman–Crippen LogP) is 0.574. The number of nitrogens with two attached hydrogens (primary N) is 4. The van der Waals surface area contributed by atoms with Crippen LogP contribution in [0.5, 0.6) is 0 Å². The van der Waals surface area contributed by atoms with Gasteiger partial charge in [0.25, 0.3) is 5.56 Å². The van der Waals surface area contributed by atoms with E-state index in [4.69, 9.17) is 144 Å². The summed E-state index contributed by atoms with van der Waals surface area (Å²) in [7, 11) is 0. The van der Waals surface area contributed by atoms with Crippen LogP contribution in [0, 0.1) is 20.8 Å². The average Bonchev–Trinajstić information content (AvgIpc) is 1.58. The fourth-order valence-electron chi connectivity index (χ4n) is 15.0. The van der Waals surface area contributed by atoms with Crippen molar-refractivity contribution in [1.29, 1.82) is 0 Å². The SMILES string of the molecule is CC[C@H]1O[C@@H](n2cnc3c(N)ncnc32)CC1OP(O)(=S)OC[C@H]1O[C@@H](n2cc(C)c(N)nc2=O)CC1OP(O)(=S)OC[C@]12O[C@@H](n3cc(C)c(N)nc3=O)[C@@H](O[C@H]1C)C2OP(O)(=S)OC[C@]12O[C@@H](n3cc(C)c(=O)[nH]c3=O)[C@@H](O[C@H]1C)C2OP(O)(=S)OC[C@]12O[C@@H](n3cnc4c(N)ccnc43)[C@@H](O[C@H]1C)C2O. The topological polar surface area (TPSA) is 552 Å². The van der Waals surface area contributed by atoms with E-state index in [-0.39, 0.29) is 35.9 Å². The maximum atomic E-state index is 13.8. The van der Waals surface area contributed by atoms with Gasteiger partial charge in [-0.05, 0) is 101 Å². The highest BCUT2D eigenvalue weighted by Gasteiger charge is 2.72. The Morgan fingerprint density at radius 1 is 0.556 bits per heavy atom. The van der Waals surface area contributed by atoms with Crippen molar-refractivity contribution in [3.05, 3.63) is 108 Å². The van der Waals surface area contributed by atoms with Crippen LogP contribution in [0.25, 0.3) is 22.3 Å². The molecule has 0 saturated carbocycles. The molecule has 9 unspecified atom stereocenters. The van der Waals surface area contributed by atoms with E-state index in [1.807, 2.05) is 6.92 Å². The molecule has 42 nitrogen and oxygen atoms in total. The maximum Gasteiger partial charge on any atom is 0.351 e. The molecule has 8 fully saturated rings. The second kappa shape index (κ2) is 28.6. The lowest BCUT2D eigenvalue weighted by Gasteiger charge is -2.39. The van der Waals surface area contributed by atoms with Crippen LogP contribution in [-0.2, 0) is 121 Å². The molecule has 0 radical (unpaired) electrons. The van der Waals surface area contributed by atoms with Crippen LogP contribution in [0.2, 0.25) is 0 Å². The summed E-state index contributed by atoms with van der Waals surface area (Å²) in [5.74, 6) is 0.0119. The van der Waals surface area contributed by atoms with Gasteiger partial charge >= 0.3 is 43.9 Å². The lowest BCUT2D eigenvalue weighted by Crippen LogP contribution is -2.52. The van der Waals surface area contributed by atoms with E-state index < -0.39 is 203 Å². The maximum absolute atomic E-state index is 13.8. The van der Waals surface area contributed by atoms with E-state index in [0.717, 1.165) is 13.7 Å². The van der Waals surface area contributed by atoms with E-state index in [0.29, 0.717) is 45.6 Å². The van der Waals surface area contributed by atoms with Gasteiger partial charge in [-0.15, -0.1) is 0 Å². The van der Waals surface area contributed by atoms with Gasteiger partial charge in [0.2, 0.25) is 0 Å². The first-order valence-electron chi connectivity index (χ1n) is 33.6. The molecule has 8 aliphatic heterocycles. The third-order valence-corrected chi connectivity index (χ3v) is 27.0. The highest BCUT2D eigenvalue weighted by molar-refractivity contribution is 8.08. The second-order valence-corrected chi connectivity index (χ2v) is 38.5. The van der Waals surface area contributed by atoms with Crippen molar-refractivity contribution in [3.8, 4) is 0 Å². The molecule has 8 saturated heterocycles. The van der Waals surface area contributed by atoms with Crippen molar-refractivity contribution in [1.82, 2.24) is 62.7 Å². The number of pyridine rings is 1. The zero-order valence-electron chi connectivity index (χ0n) is 58.0. The van der Waals surface area contributed by atoms with E-state index in [2.05, 4.69) is 39.9 Å². The Labute approximate surface area is 630 Å². The number of aliphatic hydroxyl groups excluding tert-OH is 1. The summed E-state index contributed by atoms with van der Waals surface area (Å²) in [5, 5.41) is 11.8. The molecule has 7 aromatic rings. The van der Waals surface area contributed by atoms with Gasteiger partial charge in [0.15, 0.2) is 35.8 Å². The molecule has 6 bridgehead atoms. The minimum atomic E-state index is -4.84. The van der Waals surface area contributed by atoms with Gasteiger partial charge in [0.1, 0.15) is 101 Å². The molecule has 14 N–H and O–H groups in total. The third kappa shape index (κ3) is 13.8. The first-order valence-corrected chi connectivity index (χ1v) is 43.9. The van der Waals surface area contributed by atoms with Gasteiger partial charge in [0, 0.05) is 54.3 Å². The van der Waals surface area contributed by atoms with E-state index in [9.17, 15) is 43.9 Å². The molecule has 108 heavy (non-hydrogen) atoms. The number of aromatic amines is 1. The number of hydrogen-bond donors (Lipinski definition) is 10. The summed E-state index contributed by atoms with van der Waals surface area (Å²) in [6.07, 6.45) is -11.4. The summed E-state index contributed by atoms with van der Waals surface area (Å²) in [6, 6.07) is 1.57. The van der Waals surface area contributed by atoms with Crippen molar-refractivity contribution in [2.24, 2.45) is 0 Å². The number of ether oxygens (including phenoxy) is 8. The molecule has 0 spiro atoms. The minimum absolute atomic E-state index is 0.0469. The Balaban J connectivity index is 0.679. The van der Waals surface area contributed by atoms with Gasteiger partial charge in [0.05, 0.1) is 81.4 Å². The lowest BCUT2D eigenvalue weighted by molar-refractivity contribution is -0.218. The van der Waals surface area contributed by atoms with Crippen molar-refractivity contribution in [2.75, 3.05) is 49.4 Å². The number of nitrogens with one attached hydrogen (secondary N) is 1.